The normalized spacial score (nSPS) is 12.8. The maximum atomic E-state index is 2.39. The molecule has 0 heterocycles. The molecule has 24 heavy (non-hydrogen) atoms. The largest absolute Gasteiger partial charge is 0.0587 e. The van der Waals surface area contributed by atoms with Gasteiger partial charge < -0.3 is 0 Å². The second-order valence-corrected chi connectivity index (χ2v) is 9.41. The number of benzene rings is 1. The summed E-state index contributed by atoms with van der Waals surface area (Å²) in [6.07, 6.45) is 0. The van der Waals surface area contributed by atoms with Crippen LogP contribution in [0.1, 0.15) is 152 Å². The molecule has 1 rings (SSSR count). The van der Waals surface area contributed by atoms with E-state index in [1.165, 1.54) is 0 Å². The van der Waals surface area contributed by atoms with Gasteiger partial charge in [0.05, 0.1) is 0 Å². The molecule has 0 aromatic heterocycles. The van der Waals surface area contributed by atoms with Crippen LogP contribution in [0.25, 0.3) is 0 Å². The molecule has 1 aromatic rings. The van der Waals surface area contributed by atoms with E-state index < -0.39 is 0 Å². The molecule has 0 saturated heterocycles. The zero-order valence-corrected chi connectivity index (χ0v) is 18.5. The second-order valence-electron chi connectivity index (χ2n) is 9.41. The van der Waals surface area contributed by atoms with Crippen LogP contribution in [0, 0.1) is 0 Å². The number of hydrogen-bond donors (Lipinski definition) is 0. The van der Waals surface area contributed by atoms with E-state index in [9.17, 15) is 0 Å². The minimum atomic E-state index is 0.580. The van der Waals surface area contributed by atoms with E-state index in [0.29, 0.717) is 35.5 Å². The van der Waals surface area contributed by atoms with E-state index in [1.54, 1.807) is 33.4 Å². The summed E-state index contributed by atoms with van der Waals surface area (Å²) in [7, 11) is 0. The quantitative estimate of drug-likeness (QED) is 0.491. The third kappa shape index (κ3) is 3.89. The van der Waals surface area contributed by atoms with Crippen LogP contribution in [-0.2, 0) is 0 Å². The fraction of sp³-hybridized carbons (Fsp3) is 0.750. The Morgan fingerprint density at radius 1 is 0.250 bits per heavy atom. The van der Waals surface area contributed by atoms with Gasteiger partial charge >= 0.3 is 0 Å². The van der Waals surface area contributed by atoms with Gasteiger partial charge in [0, 0.05) is 0 Å². The van der Waals surface area contributed by atoms with Crippen molar-refractivity contribution in [2.75, 3.05) is 0 Å². The van der Waals surface area contributed by atoms with Crippen LogP contribution in [0.2, 0.25) is 0 Å². The van der Waals surface area contributed by atoms with Crippen molar-refractivity contribution in [1.29, 1.82) is 0 Å². The van der Waals surface area contributed by atoms with Crippen LogP contribution in [0.5, 0.6) is 0 Å². The molecule has 0 heteroatoms. The Bertz CT molecular complexity index is 402. The molecule has 0 nitrogen and oxygen atoms in total. The SMILES string of the molecule is CC(C)c1c(C(C)C)c(C(C)C)c(C(C)C)c(C(C)C)c1C(C)C. The fourth-order valence-electron chi connectivity index (χ4n) is 4.60. The van der Waals surface area contributed by atoms with Crippen molar-refractivity contribution in [2.45, 2.75) is 119 Å². The number of rotatable bonds is 6. The fourth-order valence-corrected chi connectivity index (χ4v) is 4.60. The predicted molar refractivity (Wildman–Crippen MR) is 111 cm³/mol. The Balaban J connectivity index is 4.24. The van der Waals surface area contributed by atoms with Gasteiger partial charge in [0.25, 0.3) is 0 Å². The van der Waals surface area contributed by atoms with E-state index in [0.717, 1.165) is 0 Å². The lowest BCUT2D eigenvalue weighted by Crippen LogP contribution is -2.19. The molecule has 0 aliphatic carbocycles. The lowest BCUT2D eigenvalue weighted by molar-refractivity contribution is 0.668. The zero-order chi connectivity index (χ0) is 18.9. The van der Waals surface area contributed by atoms with Gasteiger partial charge in [-0.05, 0) is 68.9 Å². The summed E-state index contributed by atoms with van der Waals surface area (Å²) in [5.41, 5.74) is 9.90. The van der Waals surface area contributed by atoms with Crippen molar-refractivity contribution in [2.24, 2.45) is 0 Å². The highest BCUT2D eigenvalue weighted by Gasteiger charge is 2.30. The van der Waals surface area contributed by atoms with Crippen molar-refractivity contribution >= 4 is 0 Å². The Kier molecular flexibility index (Phi) is 7.15. The molecular weight excluding hydrogens is 288 g/mol. The molecule has 0 saturated carbocycles. The summed E-state index contributed by atoms with van der Waals surface area (Å²) in [5, 5.41) is 0. The van der Waals surface area contributed by atoms with Crippen LogP contribution < -0.4 is 0 Å². The van der Waals surface area contributed by atoms with Crippen LogP contribution in [0.4, 0.5) is 0 Å². The monoisotopic (exact) mass is 330 g/mol. The molecule has 0 aliphatic heterocycles. The van der Waals surface area contributed by atoms with Gasteiger partial charge in [-0.3, -0.25) is 0 Å². The van der Waals surface area contributed by atoms with Gasteiger partial charge in [-0.2, -0.15) is 0 Å². The first-order valence-electron chi connectivity index (χ1n) is 10.2. The van der Waals surface area contributed by atoms with Crippen LogP contribution in [0.15, 0.2) is 0 Å². The lowest BCUT2D eigenvalue weighted by Gasteiger charge is -2.35. The number of hydrogen-bond acceptors (Lipinski definition) is 0. The lowest BCUT2D eigenvalue weighted by atomic mass is 9.69. The summed E-state index contributed by atoms with van der Waals surface area (Å²) in [6.45, 7) is 28.6. The molecule has 0 radical (unpaired) electrons. The van der Waals surface area contributed by atoms with E-state index in [-0.39, 0.29) is 0 Å². The average molecular weight is 331 g/mol. The van der Waals surface area contributed by atoms with Crippen LogP contribution >= 0.6 is 0 Å². The first kappa shape index (κ1) is 21.3. The van der Waals surface area contributed by atoms with E-state index in [4.69, 9.17) is 0 Å². The van der Waals surface area contributed by atoms with E-state index >= 15 is 0 Å². The Hall–Kier alpha value is -0.780. The van der Waals surface area contributed by atoms with Gasteiger partial charge in [-0.15, -0.1) is 0 Å². The Morgan fingerprint density at radius 3 is 0.375 bits per heavy atom. The van der Waals surface area contributed by atoms with Gasteiger partial charge in [0.2, 0.25) is 0 Å². The standard InChI is InChI=1S/C24H42/c1-13(2)19-20(14(3)4)22(16(7)8)24(18(11)12)23(17(9)10)21(19)15(5)6/h13-18H,1-12H3. The first-order valence-corrected chi connectivity index (χ1v) is 10.2. The minimum absolute atomic E-state index is 0.580. The molecule has 0 bridgehead atoms. The summed E-state index contributed by atoms with van der Waals surface area (Å²) in [4.78, 5) is 0. The summed E-state index contributed by atoms with van der Waals surface area (Å²) >= 11 is 0. The summed E-state index contributed by atoms with van der Waals surface area (Å²) < 4.78 is 0. The highest BCUT2D eigenvalue weighted by atomic mass is 14.3. The van der Waals surface area contributed by atoms with Gasteiger partial charge in [0.15, 0.2) is 0 Å². The van der Waals surface area contributed by atoms with Crippen molar-refractivity contribution in [3.63, 3.8) is 0 Å². The maximum Gasteiger partial charge on any atom is -0.0213 e. The molecule has 0 spiro atoms. The molecular formula is C24H42. The molecule has 0 aliphatic rings. The van der Waals surface area contributed by atoms with E-state index in [2.05, 4.69) is 83.1 Å². The molecule has 1 aromatic carbocycles. The minimum Gasteiger partial charge on any atom is -0.0587 e. The third-order valence-electron chi connectivity index (χ3n) is 5.21. The zero-order valence-electron chi connectivity index (χ0n) is 18.5. The smallest absolute Gasteiger partial charge is 0.0213 e. The molecule has 0 N–H and O–H groups in total. The molecule has 0 amide bonds. The van der Waals surface area contributed by atoms with E-state index in [1.807, 2.05) is 0 Å². The van der Waals surface area contributed by atoms with Crippen molar-refractivity contribution in [3.05, 3.63) is 33.4 Å². The molecule has 0 atom stereocenters. The van der Waals surface area contributed by atoms with Crippen molar-refractivity contribution < 1.29 is 0 Å². The molecule has 138 valence electrons. The Labute approximate surface area is 152 Å². The molecule has 0 fully saturated rings. The summed E-state index contributed by atoms with van der Waals surface area (Å²) in [6, 6.07) is 0. The Morgan fingerprint density at radius 2 is 0.333 bits per heavy atom. The molecule has 0 unspecified atom stereocenters. The highest BCUT2D eigenvalue weighted by molar-refractivity contribution is 5.58. The van der Waals surface area contributed by atoms with Crippen molar-refractivity contribution in [3.8, 4) is 0 Å². The second kappa shape index (κ2) is 8.07. The predicted octanol–water partition coefficient (Wildman–Crippen LogP) is 8.43. The van der Waals surface area contributed by atoms with Crippen LogP contribution in [-0.4, -0.2) is 0 Å². The summed E-state index contributed by atoms with van der Waals surface area (Å²) in [5.74, 6) is 3.48. The van der Waals surface area contributed by atoms with Gasteiger partial charge in [-0.25, -0.2) is 0 Å². The maximum absolute atomic E-state index is 2.39. The van der Waals surface area contributed by atoms with Crippen LogP contribution in [0.3, 0.4) is 0 Å². The van der Waals surface area contributed by atoms with Gasteiger partial charge in [0.1, 0.15) is 0 Å². The first-order chi connectivity index (χ1) is 10.9. The van der Waals surface area contributed by atoms with Gasteiger partial charge in [-0.1, -0.05) is 83.1 Å². The topological polar surface area (TPSA) is 0 Å². The average Bonchev–Trinajstić information content (AvgIpc) is 2.42. The third-order valence-corrected chi connectivity index (χ3v) is 5.21. The van der Waals surface area contributed by atoms with Crippen molar-refractivity contribution in [1.82, 2.24) is 0 Å². The highest BCUT2D eigenvalue weighted by Crippen LogP contribution is 2.47.